The summed E-state index contributed by atoms with van der Waals surface area (Å²) in [5.74, 6) is 1.72. The molecule has 4 aromatic carbocycles. The molecule has 0 saturated heterocycles. The Balaban J connectivity index is 1.30. The highest BCUT2D eigenvalue weighted by molar-refractivity contribution is 6.03. The van der Waals surface area contributed by atoms with Crippen molar-refractivity contribution in [2.24, 2.45) is 0 Å². The number of fused-ring (bicyclic) bond motifs is 1. The molecule has 60 heavy (non-hydrogen) atoms. The molecule has 0 N–H and O–H groups in total. The first-order valence-corrected chi connectivity index (χ1v) is 20.6. The second-order valence-corrected chi connectivity index (χ2v) is 16.5. The number of hydrogen-bond acceptors (Lipinski definition) is 10. The van der Waals surface area contributed by atoms with Gasteiger partial charge in [-0.15, -0.1) is 0 Å². The first-order valence-electron chi connectivity index (χ1n) is 20.6. The molecule has 0 fully saturated rings. The summed E-state index contributed by atoms with van der Waals surface area (Å²) in [4.78, 5) is 39.6. The van der Waals surface area contributed by atoms with Crippen LogP contribution in [-0.4, -0.2) is 57.4 Å². The van der Waals surface area contributed by atoms with E-state index < -0.39 is 17.3 Å². The molecule has 1 aliphatic heterocycles. The summed E-state index contributed by atoms with van der Waals surface area (Å²) >= 11 is 0. The molecule has 10 heteroatoms. The van der Waals surface area contributed by atoms with Gasteiger partial charge in [0, 0.05) is 22.8 Å². The number of methoxy groups -OCH3 is 4. The zero-order chi connectivity index (χ0) is 43.5. The van der Waals surface area contributed by atoms with Crippen molar-refractivity contribution in [1.29, 1.82) is 0 Å². The van der Waals surface area contributed by atoms with Crippen molar-refractivity contribution in [2.75, 3.05) is 28.4 Å². The fourth-order valence-corrected chi connectivity index (χ4v) is 7.72. The number of carbonyl (C=O) groups is 3. The second-order valence-electron chi connectivity index (χ2n) is 16.5. The molecule has 0 radical (unpaired) electrons. The van der Waals surface area contributed by atoms with Crippen LogP contribution in [0.2, 0.25) is 0 Å². The van der Waals surface area contributed by atoms with Gasteiger partial charge in [0.1, 0.15) is 40.1 Å². The Morgan fingerprint density at radius 3 is 1.83 bits per heavy atom. The van der Waals surface area contributed by atoms with Gasteiger partial charge in [0.15, 0.2) is 17.3 Å². The minimum Gasteiger partial charge on any atom is -0.496 e. The number of ketones is 1. The highest BCUT2D eigenvalue weighted by Gasteiger charge is 2.36. The SMILES string of the molecule is COc1cc2c(c(OC)c1CCC(C)(C)OC(=O)Cc1ccccc1)C(=O)C[C@@H](c1ccc(OC)c(OC)c1C/C=C(\C)CCCC(C)(C)OC(=O)Cc1ccccc1)O2. The molecular weight excluding hydrogens is 761 g/mol. The van der Waals surface area contributed by atoms with Crippen molar-refractivity contribution in [1.82, 2.24) is 0 Å². The molecule has 1 heterocycles. The van der Waals surface area contributed by atoms with Gasteiger partial charge in [-0.05, 0) is 90.3 Å². The molecular formula is C50H60O10. The van der Waals surface area contributed by atoms with Crippen LogP contribution in [0.25, 0.3) is 0 Å². The van der Waals surface area contributed by atoms with Gasteiger partial charge in [0.05, 0.1) is 47.7 Å². The van der Waals surface area contributed by atoms with Crippen molar-refractivity contribution in [2.45, 2.75) is 110 Å². The Labute approximate surface area is 355 Å². The molecule has 0 unspecified atom stereocenters. The van der Waals surface area contributed by atoms with Crippen molar-refractivity contribution in [3.63, 3.8) is 0 Å². The number of benzene rings is 4. The number of esters is 2. The number of rotatable bonds is 20. The predicted octanol–water partition coefficient (Wildman–Crippen LogP) is 10.1. The van der Waals surface area contributed by atoms with Crippen molar-refractivity contribution >= 4 is 17.7 Å². The fraction of sp³-hybridized carbons (Fsp3) is 0.420. The van der Waals surface area contributed by atoms with E-state index in [1.54, 1.807) is 27.4 Å². The van der Waals surface area contributed by atoms with Crippen LogP contribution in [-0.2, 0) is 44.7 Å². The normalized spacial score (nSPS) is 14.1. The first kappa shape index (κ1) is 45.3. The minimum atomic E-state index is -0.798. The minimum absolute atomic E-state index is 0.0704. The van der Waals surface area contributed by atoms with E-state index in [0.29, 0.717) is 65.6 Å². The second kappa shape index (κ2) is 20.5. The highest BCUT2D eigenvalue weighted by atomic mass is 16.6. The topological polar surface area (TPSA) is 116 Å². The Morgan fingerprint density at radius 2 is 1.28 bits per heavy atom. The predicted molar refractivity (Wildman–Crippen MR) is 232 cm³/mol. The quantitative estimate of drug-likeness (QED) is 0.0630. The third-order valence-electron chi connectivity index (χ3n) is 10.8. The van der Waals surface area contributed by atoms with E-state index in [1.165, 1.54) is 12.7 Å². The van der Waals surface area contributed by atoms with Crippen LogP contribution in [0.15, 0.2) is 90.5 Å². The lowest BCUT2D eigenvalue weighted by molar-refractivity contribution is -0.157. The molecule has 1 atom stereocenters. The lowest BCUT2D eigenvalue weighted by Gasteiger charge is -2.31. The number of allylic oxidation sites excluding steroid dienone is 2. The third kappa shape index (κ3) is 11.9. The molecule has 10 nitrogen and oxygen atoms in total. The third-order valence-corrected chi connectivity index (χ3v) is 10.8. The Bertz CT molecular complexity index is 2140. The van der Waals surface area contributed by atoms with E-state index in [1.807, 2.05) is 100 Å². The summed E-state index contributed by atoms with van der Waals surface area (Å²) in [6.07, 6.45) is 5.76. The number of hydrogen-bond donors (Lipinski definition) is 0. The van der Waals surface area contributed by atoms with Crippen LogP contribution < -0.4 is 23.7 Å². The van der Waals surface area contributed by atoms with Gasteiger partial charge < -0.3 is 33.2 Å². The molecule has 320 valence electrons. The molecule has 0 saturated carbocycles. The molecule has 0 bridgehead atoms. The summed E-state index contributed by atoms with van der Waals surface area (Å²) in [5.41, 5.74) is 4.29. The standard InChI is InChI=1S/C50H60O10/c1-33(17-16-27-49(2,3)59-44(52)29-34-18-12-10-13-19-34)22-23-37-36(24-25-40(54-6)47(37)56-8)42-31-39(51)46-43(58-42)32-41(55-7)38(48(46)57-9)26-28-50(4,5)60-45(53)30-35-20-14-11-15-21-35/h10-15,18-22,24-25,32,42H,16-17,23,26-31H2,1-9H3/b33-22+/t42-/m0/s1. The highest BCUT2D eigenvalue weighted by Crippen LogP contribution is 2.48. The van der Waals surface area contributed by atoms with Gasteiger partial charge in [-0.25, -0.2) is 0 Å². The van der Waals surface area contributed by atoms with Crippen LogP contribution in [0.3, 0.4) is 0 Å². The smallest absolute Gasteiger partial charge is 0.310 e. The summed E-state index contributed by atoms with van der Waals surface area (Å²) in [7, 11) is 6.30. The summed E-state index contributed by atoms with van der Waals surface area (Å²) in [5, 5.41) is 0. The van der Waals surface area contributed by atoms with Gasteiger partial charge in [-0.2, -0.15) is 0 Å². The Morgan fingerprint density at radius 1 is 0.717 bits per heavy atom. The number of Topliss-reactive ketones (excluding diaryl/α,β-unsaturated/α-hetero) is 1. The van der Waals surface area contributed by atoms with Gasteiger partial charge in [-0.3, -0.25) is 14.4 Å². The van der Waals surface area contributed by atoms with Crippen molar-refractivity contribution in [3.05, 3.63) is 124 Å². The van der Waals surface area contributed by atoms with Crippen molar-refractivity contribution < 1.29 is 47.5 Å². The zero-order valence-electron chi connectivity index (χ0n) is 36.6. The van der Waals surface area contributed by atoms with E-state index in [4.69, 9.17) is 33.2 Å². The maximum Gasteiger partial charge on any atom is 0.310 e. The van der Waals surface area contributed by atoms with Crippen LogP contribution in [0, 0.1) is 0 Å². The van der Waals surface area contributed by atoms with E-state index in [2.05, 4.69) is 13.0 Å². The zero-order valence-corrected chi connectivity index (χ0v) is 36.6. The Kier molecular flexibility index (Phi) is 15.5. The van der Waals surface area contributed by atoms with E-state index in [0.717, 1.165) is 35.1 Å². The van der Waals surface area contributed by atoms with Crippen LogP contribution in [0.5, 0.6) is 28.7 Å². The van der Waals surface area contributed by atoms with E-state index in [9.17, 15) is 14.4 Å². The number of ether oxygens (including phenoxy) is 7. The Hall–Kier alpha value is -5.77. The fourth-order valence-electron chi connectivity index (χ4n) is 7.72. The van der Waals surface area contributed by atoms with E-state index >= 15 is 0 Å². The largest absolute Gasteiger partial charge is 0.496 e. The molecule has 5 rings (SSSR count). The van der Waals surface area contributed by atoms with Gasteiger partial charge in [0.25, 0.3) is 0 Å². The molecule has 0 amide bonds. The molecule has 1 aliphatic rings. The van der Waals surface area contributed by atoms with Gasteiger partial charge >= 0.3 is 11.9 Å². The summed E-state index contributed by atoms with van der Waals surface area (Å²) in [6.45, 7) is 9.73. The van der Waals surface area contributed by atoms with Gasteiger partial charge in [0.2, 0.25) is 0 Å². The monoisotopic (exact) mass is 820 g/mol. The summed E-state index contributed by atoms with van der Waals surface area (Å²) < 4.78 is 41.8. The maximum atomic E-state index is 14.2. The van der Waals surface area contributed by atoms with Crippen LogP contribution in [0.4, 0.5) is 0 Å². The molecule has 0 aromatic heterocycles. The lowest BCUT2D eigenvalue weighted by Crippen LogP contribution is -2.30. The average Bonchev–Trinajstić information content (AvgIpc) is 3.21. The molecule has 4 aromatic rings. The maximum absolute atomic E-state index is 14.2. The van der Waals surface area contributed by atoms with Crippen LogP contribution in [0.1, 0.15) is 111 Å². The number of carbonyl (C=O) groups excluding carboxylic acids is 3. The first-order chi connectivity index (χ1) is 28.7. The lowest BCUT2D eigenvalue weighted by atomic mass is 9.88. The van der Waals surface area contributed by atoms with Crippen LogP contribution >= 0.6 is 0 Å². The van der Waals surface area contributed by atoms with Gasteiger partial charge in [-0.1, -0.05) is 78.4 Å². The average molecular weight is 821 g/mol. The van der Waals surface area contributed by atoms with E-state index in [-0.39, 0.29) is 37.0 Å². The summed E-state index contributed by atoms with van der Waals surface area (Å²) in [6, 6.07) is 24.6. The molecule has 0 spiro atoms. The molecule has 0 aliphatic carbocycles. The van der Waals surface area contributed by atoms with Crippen molar-refractivity contribution in [3.8, 4) is 28.7 Å².